The van der Waals surface area contributed by atoms with Gasteiger partial charge in [-0.25, -0.2) is 19.3 Å². The number of hydrogen-bond acceptors (Lipinski definition) is 6. The molecule has 10 heteroatoms. The molecule has 4 heterocycles. The van der Waals surface area contributed by atoms with Crippen molar-refractivity contribution in [3.8, 4) is 11.5 Å². The van der Waals surface area contributed by atoms with Crippen molar-refractivity contribution < 1.29 is 4.79 Å². The Morgan fingerprint density at radius 2 is 2.10 bits per heavy atom. The number of rotatable bonds is 4. The number of anilines is 1. The van der Waals surface area contributed by atoms with Crippen molar-refractivity contribution in [2.24, 2.45) is 0 Å². The van der Waals surface area contributed by atoms with Crippen LogP contribution in [0, 0.1) is 6.92 Å². The van der Waals surface area contributed by atoms with Gasteiger partial charge in [0.05, 0.1) is 28.1 Å². The number of nitrogens with zero attached hydrogens (tertiary/aromatic N) is 6. The van der Waals surface area contributed by atoms with E-state index in [0.717, 1.165) is 21.6 Å². The normalized spacial score (nSPS) is 11.1. The molecule has 0 fully saturated rings. The second-order valence-electron chi connectivity index (χ2n) is 6.51. The Balaban J connectivity index is 1.42. The highest BCUT2D eigenvalue weighted by molar-refractivity contribution is 7.20. The third-order valence-corrected chi connectivity index (χ3v) is 5.82. The summed E-state index contributed by atoms with van der Waals surface area (Å²) in [5, 5.41) is 13.1. The molecule has 8 nitrogen and oxygen atoms in total. The summed E-state index contributed by atoms with van der Waals surface area (Å²) in [5.74, 6) is 0.410. The van der Waals surface area contributed by atoms with Gasteiger partial charge in [-0.1, -0.05) is 17.7 Å². The molecule has 1 N–H and O–H groups in total. The van der Waals surface area contributed by atoms with Gasteiger partial charge >= 0.3 is 0 Å². The number of hydrogen-bond donors (Lipinski definition) is 1. The van der Waals surface area contributed by atoms with Crippen LogP contribution in [0.2, 0.25) is 5.02 Å². The van der Waals surface area contributed by atoms with E-state index in [9.17, 15) is 4.79 Å². The predicted octanol–water partition coefficient (Wildman–Crippen LogP) is 4.28. The van der Waals surface area contributed by atoms with Crippen LogP contribution in [-0.2, 0) is 0 Å². The van der Waals surface area contributed by atoms with Crippen molar-refractivity contribution in [2.45, 2.75) is 6.92 Å². The zero-order valence-electron chi connectivity index (χ0n) is 15.7. The number of carbonyl (C=O) groups is 1. The molecule has 0 saturated heterocycles. The van der Waals surface area contributed by atoms with Crippen molar-refractivity contribution in [1.29, 1.82) is 0 Å². The van der Waals surface area contributed by atoms with E-state index in [0.29, 0.717) is 21.4 Å². The third kappa shape index (κ3) is 3.34. The van der Waals surface area contributed by atoms with E-state index in [4.69, 9.17) is 11.6 Å². The SMILES string of the molecule is Cc1nn(-c2cccc(Cl)c2)c2sc(C(=O)Nc3ccc(-n4cncn4)nc3)cc12. The average Bonchev–Trinajstić information content (AvgIpc) is 3.47. The molecule has 4 aromatic heterocycles. The zero-order chi connectivity index (χ0) is 20.7. The summed E-state index contributed by atoms with van der Waals surface area (Å²) in [7, 11) is 0. The number of aromatic nitrogens is 6. The van der Waals surface area contributed by atoms with Crippen LogP contribution in [0.25, 0.3) is 21.7 Å². The van der Waals surface area contributed by atoms with Gasteiger partial charge in [-0.05, 0) is 43.3 Å². The van der Waals surface area contributed by atoms with E-state index in [1.54, 1.807) is 29.3 Å². The maximum Gasteiger partial charge on any atom is 0.265 e. The molecule has 0 radical (unpaired) electrons. The number of aryl methyl sites for hydroxylation is 1. The topological polar surface area (TPSA) is 90.5 Å². The number of fused-ring (bicyclic) bond motifs is 1. The lowest BCUT2D eigenvalue weighted by Crippen LogP contribution is -2.10. The largest absolute Gasteiger partial charge is 0.320 e. The number of amides is 1. The van der Waals surface area contributed by atoms with Crippen LogP contribution in [-0.4, -0.2) is 35.4 Å². The van der Waals surface area contributed by atoms with E-state index in [2.05, 4.69) is 25.5 Å². The second-order valence-corrected chi connectivity index (χ2v) is 7.97. The van der Waals surface area contributed by atoms with Crippen LogP contribution in [0.1, 0.15) is 15.4 Å². The van der Waals surface area contributed by atoms with Crippen molar-refractivity contribution in [3.05, 3.63) is 76.9 Å². The van der Waals surface area contributed by atoms with Gasteiger partial charge in [-0.15, -0.1) is 11.3 Å². The minimum absolute atomic E-state index is 0.205. The van der Waals surface area contributed by atoms with Gasteiger partial charge < -0.3 is 5.32 Å². The van der Waals surface area contributed by atoms with Gasteiger partial charge in [-0.3, -0.25) is 4.79 Å². The van der Waals surface area contributed by atoms with Crippen LogP contribution >= 0.6 is 22.9 Å². The molecule has 0 aliphatic carbocycles. The fourth-order valence-electron chi connectivity index (χ4n) is 3.06. The summed E-state index contributed by atoms with van der Waals surface area (Å²) < 4.78 is 3.36. The van der Waals surface area contributed by atoms with Crippen molar-refractivity contribution in [2.75, 3.05) is 5.32 Å². The van der Waals surface area contributed by atoms with E-state index < -0.39 is 0 Å². The minimum atomic E-state index is -0.205. The summed E-state index contributed by atoms with van der Waals surface area (Å²) in [5.41, 5.74) is 2.29. The maximum absolute atomic E-state index is 12.8. The molecule has 5 aromatic rings. The van der Waals surface area contributed by atoms with Crippen LogP contribution in [0.5, 0.6) is 0 Å². The van der Waals surface area contributed by atoms with E-state index in [1.165, 1.54) is 17.7 Å². The van der Waals surface area contributed by atoms with Crippen LogP contribution in [0.4, 0.5) is 5.69 Å². The second kappa shape index (κ2) is 7.36. The first-order valence-electron chi connectivity index (χ1n) is 8.96. The molecule has 0 spiro atoms. The first-order valence-corrected chi connectivity index (χ1v) is 10.2. The lowest BCUT2D eigenvalue weighted by molar-refractivity contribution is 0.103. The van der Waals surface area contributed by atoms with Gasteiger partial charge in [0.2, 0.25) is 0 Å². The van der Waals surface area contributed by atoms with Gasteiger partial charge in [0.25, 0.3) is 5.91 Å². The molecule has 0 unspecified atom stereocenters. The molecule has 0 aliphatic heterocycles. The number of carbonyl (C=O) groups excluding carboxylic acids is 1. The summed E-state index contributed by atoms with van der Waals surface area (Å²) in [6.45, 7) is 1.92. The molecular weight excluding hydrogens is 422 g/mol. The summed E-state index contributed by atoms with van der Waals surface area (Å²) in [6.07, 6.45) is 4.58. The van der Waals surface area contributed by atoms with Crippen molar-refractivity contribution in [1.82, 2.24) is 29.5 Å². The lowest BCUT2D eigenvalue weighted by atomic mass is 10.3. The van der Waals surface area contributed by atoms with Crippen molar-refractivity contribution in [3.63, 3.8) is 0 Å². The first kappa shape index (κ1) is 18.5. The van der Waals surface area contributed by atoms with Gasteiger partial charge in [0.15, 0.2) is 5.82 Å². The third-order valence-electron chi connectivity index (χ3n) is 4.48. The number of pyridine rings is 1. The molecular formula is C20H14ClN7OS. The van der Waals surface area contributed by atoms with Crippen LogP contribution in [0.3, 0.4) is 0 Å². The lowest BCUT2D eigenvalue weighted by Gasteiger charge is -2.05. The molecule has 1 amide bonds. The Bertz CT molecular complexity index is 1360. The fourth-order valence-corrected chi connectivity index (χ4v) is 4.32. The Morgan fingerprint density at radius 1 is 1.20 bits per heavy atom. The van der Waals surface area contributed by atoms with Gasteiger partial charge in [0.1, 0.15) is 17.5 Å². The molecule has 5 rings (SSSR count). The van der Waals surface area contributed by atoms with Crippen LogP contribution < -0.4 is 5.32 Å². The summed E-state index contributed by atoms with van der Waals surface area (Å²) >= 11 is 7.50. The van der Waals surface area contributed by atoms with Crippen molar-refractivity contribution >= 4 is 44.7 Å². The molecule has 0 saturated carbocycles. The monoisotopic (exact) mass is 435 g/mol. The average molecular weight is 436 g/mol. The standard InChI is InChI=1S/C20H14ClN7OS/c1-12-16-8-17(30-20(16)28(26-12)15-4-2-3-13(21)7-15)19(29)25-14-5-6-18(23-9-14)27-11-22-10-24-27/h2-11H,1H3,(H,25,29). The maximum atomic E-state index is 12.8. The Kier molecular flexibility index (Phi) is 4.53. The van der Waals surface area contributed by atoms with E-state index in [-0.39, 0.29) is 5.91 Å². The van der Waals surface area contributed by atoms with E-state index in [1.807, 2.05) is 41.9 Å². The van der Waals surface area contributed by atoms with Crippen LogP contribution in [0.15, 0.2) is 61.3 Å². The van der Waals surface area contributed by atoms with Gasteiger partial charge in [-0.2, -0.15) is 10.2 Å². The molecule has 0 aliphatic rings. The molecule has 148 valence electrons. The minimum Gasteiger partial charge on any atom is -0.320 e. The predicted molar refractivity (Wildman–Crippen MR) is 116 cm³/mol. The highest BCUT2D eigenvalue weighted by atomic mass is 35.5. The van der Waals surface area contributed by atoms with Gasteiger partial charge in [0, 0.05) is 10.4 Å². The molecule has 30 heavy (non-hydrogen) atoms. The highest BCUT2D eigenvalue weighted by Crippen LogP contribution is 2.31. The smallest absolute Gasteiger partial charge is 0.265 e. The molecule has 0 atom stereocenters. The Labute approximate surface area is 179 Å². The summed E-state index contributed by atoms with van der Waals surface area (Å²) in [4.78, 5) is 22.5. The Hall–Kier alpha value is -3.56. The Morgan fingerprint density at radius 3 is 2.83 bits per heavy atom. The fraction of sp³-hybridized carbons (Fsp3) is 0.0500. The first-order chi connectivity index (χ1) is 14.6. The van der Waals surface area contributed by atoms with E-state index >= 15 is 0 Å². The molecule has 0 bridgehead atoms. The summed E-state index contributed by atoms with van der Waals surface area (Å²) in [6, 6.07) is 12.8. The quantitative estimate of drug-likeness (QED) is 0.455. The number of nitrogens with one attached hydrogen (secondary N) is 1. The zero-order valence-corrected chi connectivity index (χ0v) is 17.2. The number of thiophene rings is 1. The molecule has 1 aromatic carbocycles. The highest BCUT2D eigenvalue weighted by Gasteiger charge is 2.17. The number of benzene rings is 1. The number of halogens is 1.